The predicted molar refractivity (Wildman–Crippen MR) is 92.2 cm³/mol. The highest BCUT2D eigenvalue weighted by Crippen LogP contribution is 2.38. The van der Waals surface area contributed by atoms with Gasteiger partial charge in [0.25, 0.3) is 0 Å². The minimum Gasteiger partial charge on any atom is -0.497 e. The van der Waals surface area contributed by atoms with Gasteiger partial charge in [0.15, 0.2) is 0 Å². The maximum Gasteiger partial charge on any atom is 0.209 e. The van der Waals surface area contributed by atoms with E-state index in [2.05, 4.69) is 15.8 Å². The molecule has 0 aromatic heterocycles. The molecule has 0 amide bonds. The summed E-state index contributed by atoms with van der Waals surface area (Å²) < 4.78 is 5.15. The second kappa shape index (κ2) is 5.90. The highest BCUT2D eigenvalue weighted by molar-refractivity contribution is 6.39. The fraction of sp³-hybridized carbons (Fsp3) is 0.133. The van der Waals surface area contributed by atoms with Gasteiger partial charge in [0.1, 0.15) is 5.75 Å². The molecule has 1 heterocycles. The molecular formula is C15H15Cl2N5O. The number of nitrogens with zero attached hydrogens (tertiary/aromatic N) is 1. The van der Waals surface area contributed by atoms with Crippen molar-refractivity contribution in [3.63, 3.8) is 0 Å². The molecule has 6 N–H and O–H groups in total. The molecule has 0 aliphatic carbocycles. The molecule has 1 atom stereocenters. The van der Waals surface area contributed by atoms with E-state index in [1.54, 1.807) is 19.2 Å². The Kier molecular flexibility index (Phi) is 4.08. The van der Waals surface area contributed by atoms with Crippen LogP contribution in [0.1, 0.15) is 5.56 Å². The lowest BCUT2D eigenvalue weighted by Gasteiger charge is -2.22. The highest BCUT2D eigenvalue weighted by atomic mass is 35.5. The summed E-state index contributed by atoms with van der Waals surface area (Å²) in [6.45, 7) is 0. The summed E-state index contributed by atoms with van der Waals surface area (Å²) in [5.41, 5.74) is 19.4. The van der Waals surface area contributed by atoms with Gasteiger partial charge in [0, 0.05) is 11.1 Å². The van der Waals surface area contributed by atoms with Crippen molar-refractivity contribution in [2.45, 2.75) is 5.79 Å². The van der Waals surface area contributed by atoms with Crippen molar-refractivity contribution in [3.05, 3.63) is 52.0 Å². The summed E-state index contributed by atoms with van der Waals surface area (Å²) in [7, 11) is 1.61. The van der Waals surface area contributed by atoms with Gasteiger partial charge in [0.2, 0.25) is 11.7 Å². The van der Waals surface area contributed by atoms with Crippen LogP contribution in [0.2, 0.25) is 10.0 Å². The number of benzene rings is 2. The molecule has 0 spiro atoms. The van der Waals surface area contributed by atoms with E-state index in [0.29, 0.717) is 21.2 Å². The van der Waals surface area contributed by atoms with Crippen LogP contribution in [0.15, 0.2) is 41.4 Å². The maximum atomic E-state index is 6.42. The Bertz CT molecular complexity index is 755. The number of nitrogens with two attached hydrogens (primary N) is 2. The number of guanidine groups is 1. The van der Waals surface area contributed by atoms with Gasteiger partial charge < -0.3 is 10.5 Å². The largest absolute Gasteiger partial charge is 0.497 e. The van der Waals surface area contributed by atoms with Crippen molar-refractivity contribution < 1.29 is 4.74 Å². The molecule has 2 aromatic rings. The zero-order valence-electron chi connectivity index (χ0n) is 12.2. The summed E-state index contributed by atoms with van der Waals surface area (Å²) in [6, 6.07) is 10.9. The number of hydrogen-bond acceptors (Lipinski definition) is 6. The molecule has 2 aromatic carbocycles. The van der Waals surface area contributed by atoms with Gasteiger partial charge in [-0.15, -0.1) is 0 Å². The second-order valence-electron chi connectivity index (χ2n) is 5.06. The SMILES string of the molecule is COc1ccc(-c2c(Cl)cc(C3(N)N=C(N)NN3)cc2Cl)cc1. The normalized spacial score (nSPS) is 20.1. The fourth-order valence-electron chi connectivity index (χ4n) is 2.37. The first kappa shape index (κ1) is 15.9. The Balaban J connectivity index is 2.04. The van der Waals surface area contributed by atoms with Crippen LogP contribution < -0.4 is 27.1 Å². The monoisotopic (exact) mass is 351 g/mol. The molecule has 0 saturated heterocycles. The first-order valence-corrected chi connectivity index (χ1v) is 7.50. The van der Waals surface area contributed by atoms with Crippen molar-refractivity contribution in [3.8, 4) is 16.9 Å². The van der Waals surface area contributed by atoms with Crippen molar-refractivity contribution in [2.24, 2.45) is 16.5 Å². The lowest BCUT2D eigenvalue weighted by Crippen LogP contribution is -2.50. The van der Waals surface area contributed by atoms with Crippen LogP contribution in [-0.2, 0) is 5.79 Å². The number of hydrogen-bond donors (Lipinski definition) is 4. The highest BCUT2D eigenvalue weighted by Gasteiger charge is 2.32. The fourth-order valence-corrected chi connectivity index (χ4v) is 3.07. The minimum absolute atomic E-state index is 0.193. The minimum atomic E-state index is -1.21. The van der Waals surface area contributed by atoms with E-state index in [1.165, 1.54) is 0 Å². The van der Waals surface area contributed by atoms with Crippen LogP contribution in [0.25, 0.3) is 11.1 Å². The van der Waals surface area contributed by atoms with Crippen molar-refractivity contribution in [2.75, 3.05) is 7.11 Å². The van der Waals surface area contributed by atoms with E-state index >= 15 is 0 Å². The average Bonchev–Trinajstić information content (AvgIpc) is 2.88. The average molecular weight is 352 g/mol. The zero-order valence-corrected chi connectivity index (χ0v) is 13.7. The van der Waals surface area contributed by atoms with E-state index < -0.39 is 5.79 Å². The number of halogens is 2. The molecule has 3 rings (SSSR count). The van der Waals surface area contributed by atoms with Crippen molar-refractivity contribution in [1.82, 2.24) is 10.9 Å². The van der Waals surface area contributed by atoms with Gasteiger partial charge in [-0.25, -0.2) is 4.99 Å². The Morgan fingerprint density at radius 2 is 1.74 bits per heavy atom. The van der Waals surface area contributed by atoms with E-state index in [0.717, 1.165) is 11.3 Å². The van der Waals surface area contributed by atoms with E-state index in [-0.39, 0.29) is 5.96 Å². The maximum absolute atomic E-state index is 6.42. The van der Waals surface area contributed by atoms with Gasteiger partial charge in [-0.3, -0.25) is 11.2 Å². The quantitative estimate of drug-likeness (QED) is 0.679. The topological polar surface area (TPSA) is 97.7 Å². The first-order valence-electron chi connectivity index (χ1n) is 6.74. The molecule has 0 radical (unpaired) electrons. The van der Waals surface area contributed by atoms with Gasteiger partial charge in [0.05, 0.1) is 17.2 Å². The van der Waals surface area contributed by atoms with Gasteiger partial charge >= 0.3 is 0 Å². The Morgan fingerprint density at radius 1 is 1.13 bits per heavy atom. The summed E-state index contributed by atoms with van der Waals surface area (Å²) in [6.07, 6.45) is 0. The molecule has 1 aliphatic heterocycles. The van der Waals surface area contributed by atoms with E-state index in [1.807, 2.05) is 24.3 Å². The van der Waals surface area contributed by atoms with Crippen LogP contribution in [-0.4, -0.2) is 13.1 Å². The number of nitrogens with one attached hydrogen (secondary N) is 2. The molecule has 1 unspecified atom stereocenters. The molecule has 1 aliphatic rings. The molecule has 120 valence electrons. The first-order chi connectivity index (χ1) is 10.9. The van der Waals surface area contributed by atoms with Gasteiger partial charge in [-0.05, 0) is 29.8 Å². The lowest BCUT2D eigenvalue weighted by molar-refractivity contribution is 0.375. The van der Waals surface area contributed by atoms with Crippen molar-refractivity contribution >= 4 is 29.2 Å². The Labute approximate surface area is 143 Å². The van der Waals surface area contributed by atoms with Crippen LogP contribution in [0, 0.1) is 0 Å². The molecule has 8 heteroatoms. The van der Waals surface area contributed by atoms with Gasteiger partial charge in [-0.1, -0.05) is 35.3 Å². The molecule has 0 fully saturated rings. The van der Waals surface area contributed by atoms with Crippen LogP contribution in [0.3, 0.4) is 0 Å². The zero-order chi connectivity index (χ0) is 16.6. The Morgan fingerprint density at radius 3 is 2.22 bits per heavy atom. The molecular weight excluding hydrogens is 337 g/mol. The number of aliphatic imine (C=N–C) groups is 1. The summed E-state index contributed by atoms with van der Waals surface area (Å²) in [5.74, 6) is -0.265. The standard InChI is InChI=1S/C15H15Cl2N5O/c1-23-10-4-2-8(3-5-10)13-11(16)6-9(7-12(13)17)15(19)20-14(18)21-22-15/h2-7,22H,19H2,1H3,(H3,18,20,21). The predicted octanol–water partition coefficient (Wildman–Crippen LogP) is 2.16. The smallest absolute Gasteiger partial charge is 0.209 e. The number of rotatable bonds is 3. The number of methoxy groups -OCH3 is 1. The number of hydrazine groups is 1. The van der Waals surface area contributed by atoms with E-state index in [9.17, 15) is 0 Å². The third kappa shape index (κ3) is 2.94. The summed E-state index contributed by atoms with van der Waals surface area (Å²) in [5, 5.41) is 0.926. The molecule has 0 saturated carbocycles. The summed E-state index contributed by atoms with van der Waals surface area (Å²) >= 11 is 12.8. The third-order valence-corrected chi connectivity index (χ3v) is 4.14. The Hall–Kier alpha value is -1.99. The van der Waals surface area contributed by atoms with Crippen LogP contribution >= 0.6 is 23.2 Å². The summed E-state index contributed by atoms with van der Waals surface area (Å²) in [4.78, 5) is 4.11. The molecule has 0 bridgehead atoms. The van der Waals surface area contributed by atoms with Crippen LogP contribution in [0.5, 0.6) is 5.75 Å². The third-order valence-electron chi connectivity index (χ3n) is 3.54. The van der Waals surface area contributed by atoms with Gasteiger partial charge in [-0.2, -0.15) is 5.43 Å². The number of ether oxygens (including phenoxy) is 1. The van der Waals surface area contributed by atoms with Crippen LogP contribution in [0.4, 0.5) is 0 Å². The van der Waals surface area contributed by atoms with E-state index in [4.69, 9.17) is 39.4 Å². The molecule has 6 nitrogen and oxygen atoms in total. The van der Waals surface area contributed by atoms with Crippen molar-refractivity contribution in [1.29, 1.82) is 0 Å². The molecule has 23 heavy (non-hydrogen) atoms. The lowest BCUT2D eigenvalue weighted by atomic mass is 10.0. The second-order valence-corrected chi connectivity index (χ2v) is 5.87.